The Kier molecular flexibility index (Phi) is 12.9. The smallest absolute Gasteiger partial charge is 0.186 e. The lowest BCUT2D eigenvalue weighted by atomic mass is 9.72. The normalized spacial score (nSPS) is 15.5. The van der Waals surface area contributed by atoms with Crippen molar-refractivity contribution in [1.82, 2.24) is 0 Å². The number of carbonyl (C=O) groups is 2. The molecule has 4 aromatic carbocycles. The number of ketones is 2. The minimum absolute atomic E-state index is 0.0816. The second kappa shape index (κ2) is 17.5. The number of azo groups is 2. The maximum atomic E-state index is 13.5. The summed E-state index contributed by atoms with van der Waals surface area (Å²) in [6, 6.07) is 28.5. The van der Waals surface area contributed by atoms with Crippen LogP contribution in [0.4, 0.5) is 11.4 Å². The van der Waals surface area contributed by atoms with Crippen LogP contribution in [0.3, 0.4) is 0 Å². The number of benzene rings is 4. The summed E-state index contributed by atoms with van der Waals surface area (Å²) < 4.78 is 0. The standard InChI is InChI=1S/C55H59ClN4O2/c1-34-14-16-37(17-15-34)44-30-40(59-57-32-35-26-46(52(2,3)4)50(61)47(27-35)53(5,6)7)22-24-42(44)43-25-23-41(31-45(43)38-18-20-39(56)21-19-38)60-58-33-36-28-48(54(8,9)10)51(62)49(29-36)55(11,12)13/h14-33H,1-13H3. The van der Waals surface area contributed by atoms with Gasteiger partial charge in [-0.2, -0.15) is 20.5 Å². The van der Waals surface area contributed by atoms with Crippen molar-refractivity contribution in [2.24, 2.45) is 42.1 Å². The summed E-state index contributed by atoms with van der Waals surface area (Å²) in [6.07, 6.45) is 11.2. The first-order chi connectivity index (χ1) is 28.9. The van der Waals surface area contributed by atoms with Crippen LogP contribution < -0.4 is 0 Å². The van der Waals surface area contributed by atoms with E-state index in [0.29, 0.717) is 16.4 Å². The zero-order valence-electron chi connectivity index (χ0n) is 38.5. The molecule has 0 aliphatic heterocycles. The number of allylic oxidation sites excluding steroid dienone is 10. The van der Waals surface area contributed by atoms with Crippen molar-refractivity contribution in [2.75, 3.05) is 0 Å². The fraction of sp³-hybridized carbons (Fsp3) is 0.309. The fourth-order valence-corrected chi connectivity index (χ4v) is 7.63. The minimum atomic E-state index is -0.322. The van der Waals surface area contributed by atoms with E-state index >= 15 is 0 Å². The Hall–Kier alpha value is -5.85. The first kappa shape index (κ1) is 45.7. The third-order valence-electron chi connectivity index (χ3n) is 11.0. The van der Waals surface area contributed by atoms with E-state index in [9.17, 15) is 9.59 Å². The first-order valence-electron chi connectivity index (χ1n) is 21.2. The van der Waals surface area contributed by atoms with Crippen LogP contribution in [0.25, 0.3) is 33.4 Å². The predicted octanol–water partition coefficient (Wildman–Crippen LogP) is 16.6. The lowest BCUT2D eigenvalue weighted by molar-refractivity contribution is -0.114. The molecule has 6 nitrogen and oxygen atoms in total. The Balaban J connectivity index is 1.44. The number of nitrogens with zero attached hydrogens (tertiary/aromatic N) is 4. The Labute approximate surface area is 373 Å². The molecule has 0 amide bonds. The second-order valence-electron chi connectivity index (χ2n) is 20.4. The molecule has 0 N–H and O–H groups in total. The summed E-state index contributed by atoms with van der Waals surface area (Å²) >= 11 is 6.39. The lowest BCUT2D eigenvalue weighted by Gasteiger charge is -2.31. The molecule has 0 heterocycles. The van der Waals surface area contributed by atoms with Gasteiger partial charge in [-0.1, -0.05) is 149 Å². The molecule has 0 bridgehead atoms. The number of rotatable bonds is 7. The zero-order valence-corrected chi connectivity index (χ0v) is 39.3. The van der Waals surface area contributed by atoms with Crippen molar-refractivity contribution in [3.05, 3.63) is 166 Å². The molecule has 0 saturated heterocycles. The van der Waals surface area contributed by atoms with Gasteiger partial charge in [0, 0.05) is 27.3 Å². The van der Waals surface area contributed by atoms with Gasteiger partial charge in [0.05, 0.1) is 23.8 Å². The molecule has 0 unspecified atom stereocenters. The molecular weight excluding hydrogens is 784 g/mol. The molecule has 4 aromatic rings. The Morgan fingerprint density at radius 3 is 1.08 bits per heavy atom. The number of halogens is 1. The van der Waals surface area contributed by atoms with Crippen molar-refractivity contribution >= 4 is 34.5 Å². The monoisotopic (exact) mass is 842 g/mol. The van der Waals surface area contributed by atoms with Gasteiger partial charge < -0.3 is 0 Å². The van der Waals surface area contributed by atoms with Gasteiger partial charge >= 0.3 is 0 Å². The van der Waals surface area contributed by atoms with Crippen molar-refractivity contribution in [2.45, 2.75) is 90.0 Å². The highest BCUT2D eigenvalue weighted by Gasteiger charge is 2.35. The number of hydrogen-bond acceptors (Lipinski definition) is 6. The van der Waals surface area contributed by atoms with Crippen molar-refractivity contribution in [3.63, 3.8) is 0 Å². The van der Waals surface area contributed by atoms with Crippen LogP contribution in [0.5, 0.6) is 0 Å². The van der Waals surface area contributed by atoms with E-state index in [0.717, 1.165) is 72.4 Å². The molecule has 62 heavy (non-hydrogen) atoms. The summed E-state index contributed by atoms with van der Waals surface area (Å²) in [7, 11) is 0. The molecule has 0 aromatic heterocycles. The van der Waals surface area contributed by atoms with Gasteiger partial charge in [0.1, 0.15) is 0 Å². The van der Waals surface area contributed by atoms with Crippen LogP contribution in [0, 0.1) is 28.6 Å². The van der Waals surface area contributed by atoms with Crippen LogP contribution in [0.1, 0.15) is 88.6 Å². The number of aryl methyl sites for hydroxylation is 1. The molecule has 2 aliphatic carbocycles. The van der Waals surface area contributed by atoms with E-state index in [-0.39, 0.29) is 33.2 Å². The van der Waals surface area contributed by atoms with E-state index in [1.165, 1.54) is 0 Å². The van der Waals surface area contributed by atoms with Crippen LogP contribution in [-0.2, 0) is 9.59 Å². The Morgan fingerprint density at radius 1 is 0.435 bits per heavy atom. The van der Waals surface area contributed by atoms with Gasteiger partial charge in [-0.05, 0) is 134 Å². The Bertz CT molecular complexity index is 2410. The van der Waals surface area contributed by atoms with Crippen LogP contribution in [0.2, 0.25) is 5.02 Å². The quantitative estimate of drug-likeness (QED) is 0.174. The third kappa shape index (κ3) is 10.6. The molecule has 0 spiro atoms. The fourth-order valence-electron chi connectivity index (χ4n) is 7.50. The average Bonchev–Trinajstić information content (AvgIpc) is 3.18. The molecule has 0 fully saturated rings. The van der Waals surface area contributed by atoms with E-state index in [2.05, 4.69) is 153 Å². The highest BCUT2D eigenvalue weighted by molar-refractivity contribution is 6.30. The summed E-state index contributed by atoms with van der Waals surface area (Å²) in [6.45, 7) is 26.8. The van der Waals surface area contributed by atoms with Crippen molar-refractivity contribution in [3.8, 4) is 33.4 Å². The highest BCUT2D eigenvalue weighted by Crippen LogP contribution is 2.44. The molecule has 2 aliphatic rings. The van der Waals surface area contributed by atoms with Crippen LogP contribution in [-0.4, -0.2) is 11.6 Å². The molecular formula is C55H59ClN4O2. The number of Topliss-reactive ketones (excluding diaryl/α,β-unsaturated/α-hetero) is 2. The van der Waals surface area contributed by atoms with Gasteiger partial charge in [-0.25, -0.2) is 0 Å². The summed E-state index contributed by atoms with van der Waals surface area (Å²) in [4.78, 5) is 27.0. The number of carbonyl (C=O) groups excluding carboxylic acids is 2. The summed E-state index contributed by atoms with van der Waals surface area (Å²) in [5, 5.41) is 19.1. The number of hydrogen-bond donors (Lipinski definition) is 0. The third-order valence-corrected chi connectivity index (χ3v) is 11.3. The van der Waals surface area contributed by atoms with E-state index in [1.54, 1.807) is 12.4 Å². The van der Waals surface area contributed by atoms with Crippen LogP contribution in [0.15, 0.2) is 176 Å². The molecule has 0 saturated carbocycles. The maximum Gasteiger partial charge on any atom is 0.186 e. The SMILES string of the molecule is Cc1ccc(-c2cc(N=NC=C3C=C(C(C)(C)C)C(=O)C(C(C)(C)C)=C3)ccc2-c2ccc(N=NC=C3C=C(C(C)(C)C)C(=O)C(C(C)(C)C)=C3)cc2-c2ccc(Cl)cc2)cc1. The molecule has 7 heteroatoms. The predicted molar refractivity (Wildman–Crippen MR) is 258 cm³/mol. The van der Waals surface area contributed by atoms with Crippen molar-refractivity contribution < 1.29 is 9.59 Å². The minimum Gasteiger partial charge on any atom is -0.289 e. The first-order valence-corrected chi connectivity index (χ1v) is 21.6. The largest absolute Gasteiger partial charge is 0.289 e. The molecule has 0 atom stereocenters. The summed E-state index contributed by atoms with van der Waals surface area (Å²) in [5.41, 5.74) is 11.9. The van der Waals surface area contributed by atoms with Gasteiger partial charge in [-0.3, -0.25) is 9.59 Å². The highest BCUT2D eigenvalue weighted by atomic mass is 35.5. The molecule has 6 rings (SSSR count). The lowest BCUT2D eigenvalue weighted by Crippen LogP contribution is -2.27. The second-order valence-corrected chi connectivity index (χ2v) is 20.8. The van der Waals surface area contributed by atoms with Gasteiger partial charge in [0.15, 0.2) is 11.6 Å². The van der Waals surface area contributed by atoms with Crippen LogP contribution >= 0.6 is 11.6 Å². The van der Waals surface area contributed by atoms with E-state index in [1.807, 2.05) is 66.8 Å². The Morgan fingerprint density at radius 2 is 0.758 bits per heavy atom. The summed E-state index contributed by atoms with van der Waals surface area (Å²) in [5.74, 6) is 0.166. The van der Waals surface area contributed by atoms with E-state index < -0.39 is 0 Å². The van der Waals surface area contributed by atoms with Gasteiger partial charge in [-0.15, -0.1) is 0 Å². The zero-order chi connectivity index (χ0) is 45.4. The topological polar surface area (TPSA) is 83.6 Å². The maximum absolute atomic E-state index is 13.5. The van der Waals surface area contributed by atoms with Gasteiger partial charge in [0.2, 0.25) is 0 Å². The van der Waals surface area contributed by atoms with Gasteiger partial charge in [0.25, 0.3) is 0 Å². The molecule has 318 valence electrons. The van der Waals surface area contributed by atoms with E-state index in [4.69, 9.17) is 11.6 Å². The average molecular weight is 844 g/mol. The van der Waals surface area contributed by atoms with Crippen molar-refractivity contribution in [1.29, 1.82) is 0 Å². The molecule has 0 radical (unpaired) electrons.